The van der Waals surface area contributed by atoms with Gasteiger partial charge in [0.2, 0.25) is 0 Å². The molecule has 1 aliphatic rings. The molecular weight excluding hydrogens is 290 g/mol. The predicted molar refractivity (Wildman–Crippen MR) is 73.2 cm³/mol. The number of nitrogens with two attached hydrogens (primary N) is 1. The lowest BCUT2D eigenvalue weighted by atomic mass is 10.1. The van der Waals surface area contributed by atoms with E-state index in [4.69, 9.17) is 17.3 Å². The highest BCUT2D eigenvalue weighted by atomic mass is 35.5. The summed E-state index contributed by atoms with van der Waals surface area (Å²) in [6, 6.07) is 0. The molecule has 1 atom stereocenters. The van der Waals surface area contributed by atoms with Gasteiger partial charge in [-0.25, -0.2) is 4.98 Å². The van der Waals surface area contributed by atoms with Gasteiger partial charge in [-0.2, -0.15) is 0 Å². The minimum Gasteiger partial charge on any atom is -0.344 e. The van der Waals surface area contributed by atoms with Gasteiger partial charge in [0, 0.05) is 24.5 Å². The van der Waals surface area contributed by atoms with Gasteiger partial charge in [0.05, 0.1) is 17.2 Å². The Bertz CT molecular complexity index is 532. The number of allylic oxidation sites excluding steroid dienone is 1. The van der Waals surface area contributed by atoms with Crippen LogP contribution in [0, 0.1) is 10.1 Å². The average molecular weight is 304 g/mol. The molecule has 0 aromatic carbocycles. The molecule has 0 saturated heterocycles. The molecule has 7 nitrogen and oxygen atoms in total. The largest absolute Gasteiger partial charge is 0.344 e. The van der Waals surface area contributed by atoms with Crippen LogP contribution < -0.4 is 5.73 Å². The third-order valence-corrected chi connectivity index (χ3v) is 4.21. The lowest BCUT2D eigenvalue weighted by Crippen LogP contribution is -2.55. The maximum absolute atomic E-state index is 11.2. The Balaban J connectivity index is 2.35. The molecule has 1 unspecified atom stereocenters. The van der Waals surface area contributed by atoms with Crippen molar-refractivity contribution < 1.29 is 4.92 Å². The average Bonchev–Trinajstić information content (AvgIpc) is 2.75. The molecule has 0 fully saturated rings. The summed E-state index contributed by atoms with van der Waals surface area (Å²) < 4.78 is 0.429. The minimum atomic E-state index is -0.373. The number of aromatic nitrogens is 1. The Morgan fingerprint density at radius 1 is 1.68 bits per heavy atom. The number of halogens is 1. The number of nitro groups is 1. The second kappa shape index (κ2) is 5.41. The Kier molecular flexibility index (Phi) is 4.04. The summed E-state index contributed by atoms with van der Waals surface area (Å²) in [5.41, 5.74) is 6.76. The van der Waals surface area contributed by atoms with E-state index in [9.17, 15) is 10.1 Å². The Morgan fingerprint density at radius 3 is 2.89 bits per heavy atom. The molecule has 104 valence electrons. The van der Waals surface area contributed by atoms with Crippen LogP contribution >= 0.6 is 22.9 Å². The summed E-state index contributed by atoms with van der Waals surface area (Å²) in [7, 11) is 3.51. The van der Waals surface area contributed by atoms with Gasteiger partial charge in [-0.15, -0.1) is 11.3 Å². The van der Waals surface area contributed by atoms with Gasteiger partial charge in [-0.3, -0.25) is 20.7 Å². The smallest absolute Gasteiger partial charge is 0.279 e. The molecule has 1 aromatic heterocycles. The number of nitrogens with zero attached hydrogens (tertiary/aromatic N) is 4. The fourth-order valence-electron chi connectivity index (χ4n) is 2.00. The lowest BCUT2D eigenvalue weighted by Gasteiger charge is -2.38. The molecule has 2 rings (SSSR count). The van der Waals surface area contributed by atoms with Crippen molar-refractivity contribution in [3.05, 3.63) is 37.0 Å². The summed E-state index contributed by atoms with van der Waals surface area (Å²) in [5.74, 6) is 0. The first kappa shape index (κ1) is 14.2. The van der Waals surface area contributed by atoms with Crippen LogP contribution in [0.4, 0.5) is 0 Å². The third kappa shape index (κ3) is 2.86. The second-order valence-corrected chi connectivity index (χ2v) is 6.04. The minimum absolute atomic E-state index is 0.163. The molecule has 1 aliphatic heterocycles. The highest BCUT2D eigenvalue weighted by molar-refractivity contribution is 7.15. The number of likely N-dealkylation sites (N-methyl/N-ethyl adjacent to an activating group) is 2. The van der Waals surface area contributed by atoms with Crippen molar-refractivity contribution in [1.29, 1.82) is 0 Å². The third-order valence-electron chi connectivity index (χ3n) is 3.09. The maximum atomic E-state index is 11.2. The lowest BCUT2D eigenvalue weighted by molar-refractivity contribution is -0.433. The zero-order valence-corrected chi connectivity index (χ0v) is 12.1. The predicted octanol–water partition coefficient (Wildman–Crippen LogP) is 0.947. The molecule has 0 radical (unpaired) electrons. The van der Waals surface area contributed by atoms with E-state index in [1.165, 1.54) is 11.3 Å². The Labute approximate surface area is 119 Å². The monoisotopic (exact) mass is 303 g/mol. The Morgan fingerprint density at radius 2 is 2.37 bits per heavy atom. The van der Waals surface area contributed by atoms with Crippen LogP contribution in [0.25, 0.3) is 0 Å². The van der Waals surface area contributed by atoms with E-state index in [-0.39, 0.29) is 23.5 Å². The highest BCUT2D eigenvalue weighted by Crippen LogP contribution is 2.26. The van der Waals surface area contributed by atoms with Gasteiger partial charge in [0.1, 0.15) is 6.29 Å². The van der Waals surface area contributed by atoms with E-state index in [1.807, 2.05) is 0 Å². The number of rotatable bonds is 3. The number of hydrogen-bond donors (Lipinski definition) is 1. The first-order chi connectivity index (χ1) is 8.90. The van der Waals surface area contributed by atoms with E-state index in [1.54, 1.807) is 30.1 Å². The van der Waals surface area contributed by atoms with Crippen molar-refractivity contribution in [1.82, 2.24) is 14.8 Å². The van der Waals surface area contributed by atoms with Crippen molar-refractivity contribution in [3.8, 4) is 0 Å². The van der Waals surface area contributed by atoms with E-state index in [0.29, 0.717) is 16.6 Å². The molecule has 2 N–H and O–H groups in total. The molecule has 19 heavy (non-hydrogen) atoms. The van der Waals surface area contributed by atoms with Gasteiger partial charge >= 0.3 is 0 Å². The molecule has 2 heterocycles. The molecule has 0 aliphatic carbocycles. The van der Waals surface area contributed by atoms with Crippen molar-refractivity contribution in [2.75, 3.05) is 20.6 Å². The van der Waals surface area contributed by atoms with Crippen LogP contribution in [0.3, 0.4) is 0 Å². The zero-order valence-electron chi connectivity index (χ0n) is 10.5. The molecule has 0 amide bonds. The van der Waals surface area contributed by atoms with Crippen molar-refractivity contribution in [2.24, 2.45) is 5.73 Å². The van der Waals surface area contributed by atoms with Crippen LogP contribution in [0.5, 0.6) is 0 Å². The molecule has 0 saturated carbocycles. The van der Waals surface area contributed by atoms with Crippen LogP contribution in [0.1, 0.15) is 4.88 Å². The van der Waals surface area contributed by atoms with Crippen molar-refractivity contribution >= 4 is 22.9 Å². The topological polar surface area (TPSA) is 88.5 Å². The molecular formula is C10H14ClN5O2S. The van der Waals surface area contributed by atoms with Crippen LogP contribution in [0.2, 0.25) is 4.47 Å². The van der Waals surface area contributed by atoms with Crippen LogP contribution in [-0.2, 0) is 6.42 Å². The molecule has 0 spiro atoms. The SMILES string of the molecule is CN1CC([N+](=O)[O-])=C(Cc2cnc(Cl)s2)N(C)C1N. The number of thiazole rings is 1. The van der Waals surface area contributed by atoms with Gasteiger partial charge in [0.25, 0.3) is 5.70 Å². The van der Waals surface area contributed by atoms with Gasteiger partial charge < -0.3 is 4.90 Å². The van der Waals surface area contributed by atoms with E-state index < -0.39 is 0 Å². The number of hydrogen-bond acceptors (Lipinski definition) is 7. The maximum Gasteiger partial charge on any atom is 0.279 e. The first-order valence-electron chi connectivity index (χ1n) is 5.55. The zero-order chi connectivity index (χ0) is 14.2. The van der Waals surface area contributed by atoms with E-state index >= 15 is 0 Å². The van der Waals surface area contributed by atoms with E-state index in [2.05, 4.69) is 4.98 Å². The first-order valence-corrected chi connectivity index (χ1v) is 6.75. The van der Waals surface area contributed by atoms with Gasteiger partial charge in [-0.1, -0.05) is 11.6 Å². The fourth-order valence-corrected chi connectivity index (χ4v) is 2.98. The van der Waals surface area contributed by atoms with E-state index in [0.717, 1.165) is 4.88 Å². The second-order valence-electron chi connectivity index (χ2n) is 4.35. The van der Waals surface area contributed by atoms with Gasteiger partial charge in [0.15, 0.2) is 4.47 Å². The van der Waals surface area contributed by atoms with Crippen molar-refractivity contribution in [3.63, 3.8) is 0 Å². The fraction of sp³-hybridized carbons (Fsp3) is 0.500. The molecule has 0 bridgehead atoms. The van der Waals surface area contributed by atoms with Gasteiger partial charge in [-0.05, 0) is 7.05 Å². The normalized spacial score (nSPS) is 21.1. The highest BCUT2D eigenvalue weighted by Gasteiger charge is 2.33. The van der Waals surface area contributed by atoms with Crippen molar-refractivity contribution in [2.45, 2.75) is 12.7 Å². The summed E-state index contributed by atoms with van der Waals surface area (Å²) in [6.45, 7) is 0.223. The summed E-state index contributed by atoms with van der Waals surface area (Å²) in [5, 5.41) is 11.2. The summed E-state index contributed by atoms with van der Waals surface area (Å²) >= 11 is 7.09. The summed E-state index contributed by atoms with van der Waals surface area (Å²) in [6.07, 6.45) is 1.68. The molecule has 9 heteroatoms. The Hall–Kier alpha value is -1.22. The summed E-state index contributed by atoms with van der Waals surface area (Å²) in [4.78, 5) is 19.1. The van der Waals surface area contributed by atoms with Crippen LogP contribution in [0.15, 0.2) is 17.6 Å². The quantitative estimate of drug-likeness (QED) is 0.660. The standard InChI is InChI=1S/C10H14ClN5O2S/c1-14-5-8(16(17)18)7(15(2)10(14)12)3-6-4-13-9(11)19-6/h4,10H,3,5,12H2,1-2H3. The molecule has 1 aromatic rings. The van der Waals surface area contributed by atoms with Crippen LogP contribution in [-0.4, -0.2) is 46.6 Å².